The van der Waals surface area contributed by atoms with Gasteiger partial charge < -0.3 is 10.6 Å². The Morgan fingerprint density at radius 2 is 2.10 bits per heavy atom. The number of nitrogens with zero attached hydrogens (tertiary/aromatic N) is 2. The van der Waals surface area contributed by atoms with Gasteiger partial charge in [0.15, 0.2) is 5.96 Å². The zero-order valence-electron chi connectivity index (χ0n) is 13.0. The molecule has 1 aromatic carbocycles. The number of hydrogen-bond acceptors (Lipinski definition) is 1. The van der Waals surface area contributed by atoms with Gasteiger partial charge in [-0.15, -0.1) is 24.0 Å². The van der Waals surface area contributed by atoms with Crippen LogP contribution in [0.3, 0.4) is 0 Å². The third-order valence-corrected chi connectivity index (χ3v) is 4.62. The molecule has 0 bridgehead atoms. The number of piperidine rings is 1. The molecular weight excluding hydrogens is 373 g/mol. The number of benzene rings is 1. The fourth-order valence-electron chi connectivity index (χ4n) is 3.31. The Bertz CT molecular complexity index is 515. The van der Waals surface area contributed by atoms with Crippen molar-refractivity contribution in [2.45, 2.75) is 45.1 Å². The Morgan fingerprint density at radius 1 is 1.33 bits per heavy atom. The quantitative estimate of drug-likeness (QED) is 0.470. The summed E-state index contributed by atoms with van der Waals surface area (Å²) in [6.07, 6.45) is 3.71. The lowest BCUT2D eigenvalue weighted by atomic mass is 10.0. The van der Waals surface area contributed by atoms with Crippen LogP contribution in [0.1, 0.15) is 43.2 Å². The van der Waals surface area contributed by atoms with E-state index in [9.17, 15) is 0 Å². The molecule has 2 aliphatic rings. The summed E-state index contributed by atoms with van der Waals surface area (Å²) < 4.78 is 0. The van der Waals surface area contributed by atoms with Crippen molar-refractivity contribution in [3.05, 3.63) is 35.4 Å². The van der Waals surface area contributed by atoms with Crippen LogP contribution in [0.25, 0.3) is 0 Å². The Labute approximate surface area is 145 Å². The molecule has 1 heterocycles. The van der Waals surface area contributed by atoms with Gasteiger partial charge in [0.2, 0.25) is 0 Å². The molecule has 0 spiro atoms. The molecule has 3 rings (SSSR count). The van der Waals surface area contributed by atoms with E-state index < -0.39 is 0 Å². The number of rotatable bonds is 2. The van der Waals surface area contributed by atoms with Crippen LogP contribution in [-0.4, -0.2) is 30.0 Å². The lowest BCUT2D eigenvalue weighted by molar-refractivity contribution is 0.270. The molecule has 1 aliphatic carbocycles. The third-order valence-electron chi connectivity index (χ3n) is 4.62. The molecule has 3 unspecified atom stereocenters. The Kier molecular flexibility index (Phi) is 5.52. The molecular formula is C17H26IN3. The molecule has 1 saturated heterocycles. The number of aryl methyl sites for hydroxylation is 1. The van der Waals surface area contributed by atoms with Gasteiger partial charge >= 0.3 is 0 Å². The highest BCUT2D eigenvalue weighted by atomic mass is 127. The highest BCUT2D eigenvalue weighted by Gasteiger charge is 2.39. The monoisotopic (exact) mass is 399 g/mol. The van der Waals surface area contributed by atoms with Gasteiger partial charge in [-0.3, -0.25) is 0 Å². The van der Waals surface area contributed by atoms with Gasteiger partial charge in [-0.05, 0) is 43.2 Å². The molecule has 116 valence electrons. The summed E-state index contributed by atoms with van der Waals surface area (Å²) in [6, 6.07) is 9.03. The summed E-state index contributed by atoms with van der Waals surface area (Å²) in [5.74, 6) is 2.08. The smallest absolute Gasteiger partial charge is 0.191 e. The lowest BCUT2D eigenvalue weighted by Gasteiger charge is -2.31. The molecule has 2 fully saturated rings. The molecule has 3 nitrogen and oxygen atoms in total. The topological polar surface area (TPSA) is 41.6 Å². The van der Waals surface area contributed by atoms with Crippen molar-refractivity contribution in [2.75, 3.05) is 13.1 Å². The van der Waals surface area contributed by atoms with E-state index >= 15 is 0 Å². The Morgan fingerprint density at radius 3 is 2.81 bits per heavy atom. The van der Waals surface area contributed by atoms with Gasteiger partial charge in [-0.1, -0.05) is 31.2 Å². The van der Waals surface area contributed by atoms with E-state index in [1.807, 2.05) is 0 Å². The van der Waals surface area contributed by atoms with Crippen LogP contribution in [0, 0.1) is 12.8 Å². The van der Waals surface area contributed by atoms with E-state index in [1.165, 1.54) is 24.0 Å². The minimum Gasteiger partial charge on any atom is -0.370 e. The fourth-order valence-corrected chi connectivity index (χ4v) is 3.31. The minimum atomic E-state index is 0. The molecule has 0 radical (unpaired) electrons. The summed E-state index contributed by atoms with van der Waals surface area (Å²) in [5.41, 5.74) is 9.03. The van der Waals surface area contributed by atoms with E-state index in [0.29, 0.717) is 12.0 Å². The summed E-state index contributed by atoms with van der Waals surface area (Å²) in [7, 11) is 0. The largest absolute Gasteiger partial charge is 0.370 e. The van der Waals surface area contributed by atoms with Gasteiger partial charge in [-0.2, -0.15) is 0 Å². The zero-order valence-corrected chi connectivity index (χ0v) is 15.3. The van der Waals surface area contributed by atoms with Crippen LogP contribution < -0.4 is 5.73 Å². The Balaban J connectivity index is 0.00000161. The third kappa shape index (κ3) is 3.90. The predicted molar refractivity (Wildman–Crippen MR) is 99.3 cm³/mol. The Hall–Kier alpha value is -0.780. The second-order valence-electron chi connectivity index (χ2n) is 6.45. The zero-order chi connectivity index (χ0) is 14.1. The van der Waals surface area contributed by atoms with Crippen molar-refractivity contribution in [3.8, 4) is 0 Å². The van der Waals surface area contributed by atoms with Crippen molar-refractivity contribution in [1.82, 2.24) is 4.90 Å². The maximum Gasteiger partial charge on any atom is 0.191 e. The summed E-state index contributed by atoms with van der Waals surface area (Å²) in [6.45, 7) is 6.62. The summed E-state index contributed by atoms with van der Waals surface area (Å²) >= 11 is 0. The van der Waals surface area contributed by atoms with Crippen molar-refractivity contribution in [3.63, 3.8) is 0 Å². The van der Waals surface area contributed by atoms with Crippen LogP contribution >= 0.6 is 24.0 Å². The van der Waals surface area contributed by atoms with Crippen molar-refractivity contribution in [1.29, 1.82) is 0 Å². The van der Waals surface area contributed by atoms with Gasteiger partial charge in [-0.25, -0.2) is 4.99 Å². The summed E-state index contributed by atoms with van der Waals surface area (Å²) in [4.78, 5) is 7.03. The molecule has 2 N–H and O–H groups in total. The second kappa shape index (κ2) is 6.99. The molecule has 1 aromatic rings. The van der Waals surface area contributed by atoms with Crippen molar-refractivity contribution >= 4 is 29.9 Å². The standard InChI is InChI=1S/C17H25N3.HI/c1-12-6-5-9-20(11-12)17(18)19-16-10-15(16)14-8-4-3-7-13(14)2;/h3-4,7-8,12,15-16H,5-6,9-11H2,1-2H3,(H2,18,19);1H. The number of likely N-dealkylation sites (tertiary alicyclic amines) is 1. The first-order valence-corrected chi connectivity index (χ1v) is 7.79. The second-order valence-corrected chi connectivity index (χ2v) is 6.45. The number of nitrogens with two attached hydrogens (primary N) is 1. The molecule has 3 atom stereocenters. The van der Waals surface area contributed by atoms with E-state index in [0.717, 1.165) is 31.4 Å². The van der Waals surface area contributed by atoms with Crippen LogP contribution in [-0.2, 0) is 0 Å². The van der Waals surface area contributed by atoms with Gasteiger partial charge in [0.1, 0.15) is 0 Å². The molecule has 0 amide bonds. The van der Waals surface area contributed by atoms with Gasteiger partial charge in [0.05, 0.1) is 6.04 Å². The van der Waals surface area contributed by atoms with Crippen LogP contribution in [0.5, 0.6) is 0 Å². The fraction of sp³-hybridized carbons (Fsp3) is 0.588. The molecule has 4 heteroatoms. The first-order valence-electron chi connectivity index (χ1n) is 7.79. The average Bonchev–Trinajstić information content (AvgIpc) is 3.18. The molecule has 0 aromatic heterocycles. The van der Waals surface area contributed by atoms with Crippen LogP contribution in [0.4, 0.5) is 0 Å². The number of aliphatic imine (C=N–C) groups is 1. The van der Waals surface area contributed by atoms with E-state index in [1.54, 1.807) is 0 Å². The maximum absolute atomic E-state index is 6.21. The summed E-state index contributed by atoms with van der Waals surface area (Å²) in [5, 5.41) is 0. The van der Waals surface area contributed by atoms with E-state index in [-0.39, 0.29) is 24.0 Å². The highest BCUT2D eigenvalue weighted by molar-refractivity contribution is 14.0. The van der Waals surface area contributed by atoms with Gasteiger partial charge in [0.25, 0.3) is 0 Å². The number of halogens is 1. The van der Waals surface area contributed by atoms with Crippen LogP contribution in [0.15, 0.2) is 29.3 Å². The number of hydrogen-bond donors (Lipinski definition) is 1. The van der Waals surface area contributed by atoms with E-state index in [4.69, 9.17) is 10.7 Å². The highest BCUT2D eigenvalue weighted by Crippen LogP contribution is 2.44. The molecule has 21 heavy (non-hydrogen) atoms. The molecule has 1 saturated carbocycles. The average molecular weight is 399 g/mol. The predicted octanol–water partition coefficient (Wildman–Crippen LogP) is 3.52. The maximum atomic E-state index is 6.21. The SMILES string of the molecule is Cc1ccccc1C1CC1N=C(N)N1CCCC(C)C1.I. The lowest BCUT2D eigenvalue weighted by Crippen LogP contribution is -2.43. The normalized spacial score (nSPS) is 29.0. The minimum absolute atomic E-state index is 0. The van der Waals surface area contributed by atoms with Crippen molar-refractivity contribution < 1.29 is 0 Å². The molecule has 1 aliphatic heterocycles. The first kappa shape index (κ1) is 16.6. The first-order chi connectivity index (χ1) is 9.65. The van der Waals surface area contributed by atoms with E-state index in [2.05, 4.69) is 43.0 Å². The van der Waals surface area contributed by atoms with Gasteiger partial charge in [0, 0.05) is 19.0 Å². The number of guanidine groups is 1. The van der Waals surface area contributed by atoms with Crippen molar-refractivity contribution in [2.24, 2.45) is 16.6 Å². The van der Waals surface area contributed by atoms with Crippen LogP contribution in [0.2, 0.25) is 0 Å².